The van der Waals surface area contributed by atoms with Gasteiger partial charge in [0.15, 0.2) is 5.58 Å². The zero-order valence-electron chi connectivity index (χ0n) is 25.4. The average molecular weight is 515 g/mol. The van der Waals surface area contributed by atoms with Crippen LogP contribution < -0.4 is 0 Å². The van der Waals surface area contributed by atoms with Gasteiger partial charge < -0.3 is 9.52 Å². The van der Waals surface area contributed by atoms with E-state index in [0.29, 0.717) is 11.6 Å². The van der Waals surface area contributed by atoms with E-state index in [0.717, 1.165) is 16.8 Å². The fourth-order valence-electron chi connectivity index (χ4n) is 4.10. The Bertz CT molecular complexity index is 1360. The summed E-state index contributed by atoms with van der Waals surface area (Å²) in [5.74, 6) is 0.949. The number of hydrogen-bond acceptors (Lipinski definition) is 4. The van der Waals surface area contributed by atoms with Gasteiger partial charge in [0.1, 0.15) is 17.0 Å². The van der Waals surface area contributed by atoms with E-state index in [9.17, 15) is 5.11 Å². The highest BCUT2D eigenvalue weighted by atomic mass is 16.3. The molecule has 4 nitrogen and oxygen atoms in total. The van der Waals surface area contributed by atoms with Crippen LogP contribution in [0.2, 0.25) is 0 Å². The van der Waals surface area contributed by atoms with E-state index < -0.39 is 0 Å². The molecule has 0 spiro atoms. The Kier molecular flexibility index (Phi) is 7.90. The second-order valence-corrected chi connectivity index (χ2v) is 14.4. The van der Waals surface area contributed by atoms with Gasteiger partial charge in [0, 0.05) is 11.8 Å². The lowest BCUT2D eigenvalue weighted by molar-refractivity contribution is 0.466. The van der Waals surface area contributed by atoms with E-state index in [4.69, 9.17) is 9.40 Å². The summed E-state index contributed by atoms with van der Waals surface area (Å²) in [6.45, 7) is 26.2. The largest absolute Gasteiger partial charge is 0.508 e. The molecule has 2 aromatic carbocycles. The third-order valence-electron chi connectivity index (χ3n) is 6.70. The van der Waals surface area contributed by atoms with Crippen LogP contribution in [-0.4, -0.2) is 15.1 Å². The van der Waals surface area contributed by atoms with Gasteiger partial charge in [0.05, 0.1) is 0 Å². The predicted octanol–water partition coefficient (Wildman–Crippen LogP) is 9.47. The summed E-state index contributed by atoms with van der Waals surface area (Å²) < 4.78 is 6.11. The molecule has 4 rings (SSSR count). The summed E-state index contributed by atoms with van der Waals surface area (Å²) in [5.41, 5.74) is 7.59. The molecule has 0 aliphatic rings. The summed E-state index contributed by atoms with van der Waals surface area (Å²) in [4.78, 5) is 9.05. The van der Waals surface area contributed by atoms with Gasteiger partial charge in [0.2, 0.25) is 5.89 Å². The molecule has 4 heteroatoms. The van der Waals surface area contributed by atoms with Crippen molar-refractivity contribution in [1.82, 2.24) is 9.97 Å². The summed E-state index contributed by atoms with van der Waals surface area (Å²) in [5, 5.41) is 9.72. The van der Waals surface area contributed by atoms with Crippen LogP contribution in [0.4, 0.5) is 0 Å². The molecule has 0 saturated heterocycles. The number of oxazole rings is 1. The Morgan fingerprint density at radius 1 is 0.632 bits per heavy atom. The molecule has 0 bridgehead atoms. The van der Waals surface area contributed by atoms with Gasteiger partial charge in [-0.05, 0) is 68.7 Å². The van der Waals surface area contributed by atoms with E-state index in [1.54, 1.807) is 6.20 Å². The first kappa shape index (κ1) is 29.4. The SMILES string of the molecule is CC(C)(C)c1cc(C(C)(C)C)c2oc(-c3ccccn3)nc2c1.CC(C)(C)c1cc(O)cc(C(C)(C)C)c1. The first-order chi connectivity index (χ1) is 17.3. The molecular weight excluding hydrogens is 468 g/mol. The van der Waals surface area contributed by atoms with Crippen LogP contribution >= 0.6 is 0 Å². The van der Waals surface area contributed by atoms with Crippen molar-refractivity contribution in [2.45, 2.75) is 105 Å². The van der Waals surface area contributed by atoms with Gasteiger partial charge in [-0.15, -0.1) is 0 Å². The van der Waals surface area contributed by atoms with Gasteiger partial charge >= 0.3 is 0 Å². The minimum atomic E-state index is -0.0135. The summed E-state index contributed by atoms with van der Waals surface area (Å²) in [7, 11) is 0. The highest BCUT2D eigenvalue weighted by molar-refractivity contribution is 5.81. The van der Waals surface area contributed by atoms with Crippen molar-refractivity contribution in [1.29, 1.82) is 0 Å². The van der Waals surface area contributed by atoms with Crippen molar-refractivity contribution in [2.75, 3.05) is 0 Å². The van der Waals surface area contributed by atoms with Crippen molar-refractivity contribution in [3.63, 3.8) is 0 Å². The fourth-order valence-corrected chi connectivity index (χ4v) is 4.10. The third kappa shape index (κ3) is 7.03. The topological polar surface area (TPSA) is 59.2 Å². The quantitative estimate of drug-likeness (QED) is 0.275. The Balaban J connectivity index is 0.000000232. The zero-order chi connectivity index (χ0) is 28.7. The number of phenolic OH excluding ortho intramolecular Hbond substituents is 1. The molecule has 0 aliphatic heterocycles. The van der Waals surface area contributed by atoms with Crippen molar-refractivity contribution >= 4 is 11.1 Å². The maximum atomic E-state index is 9.72. The number of nitrogens with zero attached hydrogens (tertiary/aromatic N) is 2. The standard InChI is InChI=1S/C20H24N2O.C14H22O/c1-19(2,3)13-11-14(20(4,5)6)17-16(12-13)22-18(23-17)15-9-7-8-10-21-15;1-13(2,3)10-7-11(14(4,5)6)9-12(15)8-10/h7-12H,1-6H3;7-9,15H,1-6H3. The number of aromatic hydroxyl groups is 1. The predicted molar refractivity (Wildman–Crippen MR) is 160 cm³/mol. The first-order valence-corrected chi connectivity index (χ1v) is 13.5. The highest BCUT2D eigenvalue weighted by Crippen LogP contribution is 2.37. The van der Waals surface area contributed by atoms with Crippen LogP contribution in [0.1, 0.15) is 105 Å². The lowest BCUT2D eigenvalue weighted by Gasteiger charge is -2.25. The van der Waals surface area contributed by atoms with Gasteiger partial charge in [0.25, 0.3) is 0 Å². The summed E-state index contributed by atoms with van der Waals surface area (Å²) in [6, 6.07) is 16.1. The van der Waals surface area contributed by atoms with E-state index >= 15 is 0 Å². The molecule has 1 N–H and O–H groups in total. The Morgan fingerprint density at radius 3 is 1.61 bits per heavy atom. The molecule has 0 saturated carbocycles. The number of rotatable bonds is 1. The molecule has 2 heterocycles. The van der Waals surface area contributed by atoms with E-state index in [-0.39, 0.29) is 21.7 Å². The van der Waals surface area contributed by atoms with E-state index in [1.165, 1.54) is 22.3 Å². The maximum Gasteiger partial charge on any atom is 0.246 e. The molecule has 204 valence electrons. The Hall–Kier alpha value is -3.14. The van der Waals surface area contributed by atoms with Gasteiger partial charge in [-0.25, -0.2) is 4.98 Å². The molecule has 0 fully saturated rings. The highest BCUT2D eigenvalue weighted by Gasteiger charge is 2.25. The normalized spacial score (nSPS) is 12.8. The monoisotopic (exact) mass is 514 g/mol. The van der Waals surface area contributed by atoms with Gasteiger partial charge in [-0.1, -0.05) is 101 Å². The first-order valence-electron chi connectivity index (χ1n) is 13.5. The number of benzene rings is 2. The number of pyridine rings is 1. The van der Waals surface area contributed by atoms with Crippen molar-refractivity contribution in [3.8, 4) is 17.3 Å². The maximum absolute atomic E-state index is 9.72. The molecule has 2 aromatic heterocycles. The molecule has 0 unspecified atom stereocenters. The lowest BCUT2D eigenvalue weighted by Crippen LogP contribution is -2.16. The summed E-state index contributed by atoms with van der Waals surface area (Å²) in [6.07, 6.45) is 1.76. The van der Waals surface area contributed by atoms with Crippen molar-refractivity contribution in [3.05, 3.63) is 77.0 Å². The van der Waals surface area contributed by atoms with Crippen molar-refractivity contribution in [2.24, 2.45) is 0 Å². The molecular formula is C34H46N2O2. The van der Waals surface area contributed by atoms with E-state index in [1.807, 2.05) is 30.3 Å². The van der Waals surface area contributed by atoms with Crippen LogP contribution in [0.25, 0.3) is 22.7 Å². The zero-order valence-corrected chi connectivity index (χ0v) is 25.4. The van der Waals surface area contributed by atoms with E-state index in [2.05, 4.69) is 106 Å². The smallest absolute Gasteiger partial charge is 0.246 e. The third-order valence-corrected chi connectivity index (χ3v) is 6.70. The Morgan fingerprint density at radius 2 is 1.16 bits per heavy atom. The van der Waals surface area contributed by atoms with Crippen LogP contribution in [-0.2, 0) is 21.7 Å². The molecule has 0 atom stereocenters. The summed E-state index contributed by atoms with van der Waals surface area (Å²) >= 11 is 0. The van der Waals surface area contributed by atoms with Gasteiger partial charge in [-0.3, -0.25) is 4.98 Å². The van der Waals surface area contributed by atoms with Gasteiger partial charge in [-0.2, -0.15) is 0 Å². The average Bonchev–Trinajstić information content (AvgIpc) is 3.21. The van der Waals surface area contributed by atoms with Crippen LogP contribution in [0.3, 0.4) is 0 Å². The van der Waals surface area contributed by atoms with Crippen LogP contribution in [0.15, 0.2) is 59.1 Å². The molecule has 0 radical (unpaired) electrons. The number of fused-ring (bicyclic) bond motifs is 1. The molecule has 38 heavy (non-hydrogen) atoms. The minimum absolute atomic E-state index is 0.0135. The number of aromatic nitrogens is 2. The molecule has 4 aromatic rings. The van der Waals surface area contributed by atoms with Crippen LogP contribution in [0.5, 0.6) is 5.75 Å². The Labute approximate surface area is 229 Å². The number of hydrogen-bond donors (Lipinski definition) is 1. The number of phenols is 1. The second kappa shape index (κ2) is 10.2. The second-order valence-electron chi connectivity index (χ2n) is 14.4. The molecule has 0 amide bonds. The van der Waals surface area contributed by atoms with Crippen molar-refractivity contribution < 1.29 is 9.52 Å². The molecule has 0 aliphatic carbocycles. The minimum Gasteiger partial charge on any atom is -0.508 e. The fraction of sp³-hybridized carbons (Fsp3) is 0.471. The van der Waals surface area contributed by atoms with Crippen LogP contribution in [0, 0.1) is 0 Å². The lowest BCUT2D eigenvalue weighted by atomic mass is 9.80.